The van der Waals surface area contributed by atoms with Crippen LogP contribution in [0.3, 0.4) is 0 Å². The first kappa shape index (κ1) is 19.5. The summed E-state index contributed by atoms with van der Waals surface area (Å²) in [6.07, 6.45) is 3.03. The van der Waals surface area contributed by atoms with Crippen molar-refractivity contribution >= 4 is 11.6 Å². The largest absolute Gasteiger partial charge is 0.463 e. The molecule has 0 atom stereocenters. The summed E-state index contributed by atoms with van der Waals surface area (Å²) in [6.45, 7) is 0. The van der Waals surface area contributed by atoms with E-state index in [9.17, 15) is 9.59 Å². The molecule has 0 unspecified atom stereocenters. The van der Waals surface area contributed by atoms with Gasteiger partial charge in [-0.25, -0.2) is 4.98 Å². The second-order valence-electron chi connectivity index (χ2n) is 7.13. The van der Waals surface area contributed by atoms with E-state index in [4.69, 9.17) is 13.8 Å². The first-order valence-corrected chi connectivity index (χ1v) is 10.0. The molecular weight excluding hydrogens is 402 g/mol. The maximum Gasteiger partial charge on any atom is 0.195 e. The molecule has 154 valence electrons. The molecule has 0 aliphatic heterocycles. The molecular formula is C27H17NO4. The molecule has 0 bridgehead atoms. The van der Waals surface area contributed by atoms with Crippen LogP contribution in [-0.4, -0.2) is 16.6 Å². The molecule has 5 aromatic rings. The molecule has 0 radical (unpaired) electrons. The van der Waals surface area contributed by atoms with Crippen LogP contribution in [0.15, 0.2) is 112 Å². The predicted octanol–water partition coefficient (Wildman–Crippen LogP) is 6.06. The van der Waals surface area contributed by atoms with Gasteiger partial charge in [-0.15, -0.1) is 0 Å². The predicted molar refractivity (Wildman–Crippen MR) is 119 cm³/mol. The molecule has 0 spiro atoms. The number of hydrogen-bond acceptors (Lipinski definition) is 5. The van der Waals surface area contributed by atoms with E-state index in [2.05, 4.69) is 0 Å². The van der Waals surface area contributed by atoms with Crippen LogP contribution >= 0.6 is 0 Å². The van der Waals surface area contributed by atoms with Crippen LogP contribution in [0.2, 0.25) is 0 Å². The summed E-state index contributed by atoms with van der Waals surface area (Å²) in [5.74, 6) is 0.349. The average Bonchev–Trinajstić information content (AvgIpc) is 3.58. The number of rotatable bonds is 6. The monoisotopic (exact) mass is 419 g/mol. The zero-order chi connectivity index (χ0) is 21.9. The molecule has 3 heterocycles. The van der Waals surface area contributed by atoms with Crippen molar-refractivity contribution in [3.63, 3.8) is 0 Å². The highest BCUT2D eigenvalue weighted by molar-refractivity contribution is 6.17. The summed E-state index contributed by atoms with van der Waals surface area (Å²) in [6, 6.07) is 26.3. The highest BCUT2D eigenvalue weighted by atomic mass is 16.3. The molecule has 0 amide bonds. The Morgan fingerprint density at radius 3 is 1.38 bits per heavy atom. The molecule has 5 nitrogen and oxygen atoms in total. The van der Waals surface area contributed by atoms with Gasteiger partial charge >= 0.3 is 0 Å². The van der Waals surface area contributed by atoms with Gasteiger partial charge in [0.05, 0.1) is 23.7 Å². The number of pyridine rings is 1. The van der Waals surface area contributed by atoms with E-state index in [-0.39, 0.29) is 22.7 Å². The molecule has 0 fully saturated rings. The third-order valence-corrected chi connectivity index (χ3v) is 5.09. The summed E-state index contributed by atoms with van der Waals surface area (Å²) in [4.78, 5) is 31.6. The molecule has 2 aromatic carbocycles. The van der Waals surface area contributed by atoms with Gasteiger partial charge < -0.3 is 8.83 Å². The van der Waals surface area contributed by atoms with E-state index < -0.39 is 0 Å². The minimum atomic E-state index is -0.252. The lowest BCUT2D eigenvalue weighted by Gasteiger charge is -2.13. The standard InChI is InChI=1S/C27H17NO4/c29-26(18-9-3-1-4-10-18)20-17-21(27(30)19-11-5-2-6-12-19)25(23-14-8-16-32-23)28-24(20)22-13-7-15-31-22/h1-17H. The Morgan fingerprint density at radius 1 is 0.562 bits per heavy atom. The molecule has 5 heteroatoms. The van der Waals surface area contributed by atoms with Crippen molar-refractivity contribution in [3.8, 4) is 22.9 Å². The fourth-order valence-electron chi connectivity index (χ4n) is 3.55. The fourth-order valence-corrected chi connectivity index (χ4v) is 3.55. The van der Waals surface area contributed by atoms with E-state index in [1.54, 1.807) is 78.9 Å². The van der Waals surface area contributed by atoms with Crippen LogP contribution in [0.1, 0.15) is 31.8 Å². The van der Waals surface area contributed by atoms with E-state index >= 15 is 0 Å². The van der Waals surface area contributed by atoms with Crippen molar-refractivity contribution in [1.29, 1.82) is 0 Å². The molecule has 0 aliphatic carbocycles. The molecule has 5 rings (SSSR count). The van der Waals surface area contributed by atoms with E-state index in [0.29, 0.717) is 34.0 Å². The number of ketones is 2. The second kappa shape index (κ2) is 8.32. The Morgan fingerprint density at radius 2 is 1.00 bits per heavy atom. The number of carbonyl (C=O) groups is 2. The van der Waals surface area contributed by atoms with Gasteiger partial charge in [0.2, 0.25) is 0 Å². The van der Waals surface area contributed by atoms with Gasteiger partial charge in [-0.3, -0.25) is 9.59 Å². The van der Waals surface area contributed by atoms with E-state index in [1.165, 1.54) is 12.5 Å². The van der Waals surface area contributed by atoms with Crippen LogP contribution in [0.4, 0.5) is 0 Å². The zero-order valence-corrected chi connectivity index (χ0v) is 16.9. The van der Waals surface area contributed by atoms with Crippen molar-refractivity contribution in [1.82, 2.24) is 4.98 Å². The van der Waals surface area contributed by atoms with Gasteiger partial charge in [0.1, 0.15) is 11.4 Å². The van der Waals surface area contributed by atoms with Gasteiger partial charge in [0.15, 0.2) is 23.1 Å². The van der Waals surface area contributed by atoms with Crippen LogP contribution < -0.4 is 0 Å². The molecule has 3 aromatic heterocycles. The van der Waals surface area contributed by atoms with E-state index in [0.717, 1.165) is 0 Å². The summed E-state index contributed by atoms with van der Waals surface area (Å²) < 4.78 is 11.1. The minimum Gasteiger partial charge on any atom is -0.463 e. The number of aromatic nitrogens is 1. The summed E-state index contributed by atoms with van der Waals surface area (Å²) >= 11 is 0. The number of benzene rings is 2. The second-order valence-corrected chi connectivity index (χ2v) is 7.13. The highest BCUT2D eigenvalue weighted by Gasteiger charge is 2.26. The van der Waals surface area contributed by atoms with Gasteiger partial charge in [-0.2, -0.15) is 0 Å². The first-order chi connectivity index (χ1) is 15.7. The molecule has 0 aliphatic rings. The SMILES string of the molecule is O=C(c1ccccc1)c1cc(C(=O)c2ccccc2)c(-c2ccco2)nc1-c1ccco1. The fraction of sp³-hybridized carbons (Fsp3) is 0. The number of carbonyl (C=O) groups excluding carboxylic acids is 2. The lowest BCUT2D eigenvalue weighted by Crippen LogP contribution is -2.11. The normalized spacial score (nSPS) is 10.8. The smallest absolute Gasteiger partial charge is 0.195 e. The summed E-state index contributed by atoms with van der Waals surface area (Å²) in [5, 5.41) is 0. The Hall–Kier alpha value is -4.51. The van der Waals surface area contributed by atoms with Gasteiger partial charge in [0, 0.05) is 11.1 Å². The number of nitrogens with zero attached hydrogens (tertiary/aromatic N) is 1. The van der Waals surface area contributed by atoms with Gasteiger partial charge in [-0.1, -0.05) is 60.7 Å². The summed E-state index contributed by atoms with van der Waals surface area (Å²) in [7, 11) is 0. The van der Waals surface area contributed by atoms with Crippen LogP contribution in [0, 0.1) is 0 Å². The van der Waals surface area contributed by atoms with Crippen LogP contribution in [0.5, 0.6) is 0 Å². The Labute approximate surface area is 184 Å². The Bertz CT molecular complexity index is 1270. The lowest BCUT2D eigenvalue weighted by atomic mass is 9.94. The highest BCUT2D eigenvalue weighted by Crippen LogP contribution is 2.32. The van der Waals surface area contributed by atoms with Crippen molar-refractivity contribution in [2.24, 2.45) is 0 Å². The Balaban J connectivity index is 1.77. The maximum atomic E-state index is 13.5. The molecule has 0 N–H and O–H groups in total. The minimum absolute atomic E-state index is 0.252. The van der Waals surface area contributed by atoms with Crippen molar-refractivity contribution in [3.05, 3.63) is 126 Å². The third kappa shape index (κ3) is 3.56. The number of furan rings is 2. The molecule has 0 saturated heterocycles. The van der Waals surface area contributed by atoms with Crippen LogP contribution in [-0.2, 0) is 0 Å². The lowest BCUT2D eigenvalue weighted by molar-refractivity contribution is 0.103. The summed E-state index contributed by atoms with van der Waals surface area (Å²) in [5.41, 5.74) is 2.23. The topological polar surface area (TPSA) is 73.3 Å². The molecule has 32 heavy (non-hydrogen) atoms. The van der Waals surface area contributed by atoms with Crippen molar-refractivity contribution in [2.75, 3.05) is 0 Å². The van der Waals surface area contributed by atoms with Crippen LogP contribution in [0.25, 0.3) is 22.9 Å². The Kier molecular flexibility index (Phi) is 5.06. The zero-order valence-electron chi connectivity index (χ0n) is 16.9. The van der Waals surface area contributed by atoms with Crippen molar-refractivity contribution in [2.45, 2.75) is 0 Å². The quantitative estimate of drug-likeness (QED) is 0.313. The molecule has 0 saturated carbocycles. The first-order valence-electron chi connectivity index (χ1n) is 10.0. The van der Waals surface area contributed by atoms with Crippen molar-refractivity contribution < 1.29 is 18.4 Å². The average molecular weight is 419 g/mol. The van der Waals surface area contributed by atoms with Gasteiger partial charge in [0.25, 0.3) is 0 Å². The number of hydrogen-bond donors (Lipinski definition) is 0. The maximum absolute atomic E-state index is 13.5. The van der Waals surface area contributed by atoms with Gasteiger partial charge in [-0.05, 0) is 30.3 Å². The third-order valence-electron chi connectivity index (χ3n) is 5.09. The van der Waals surface area contributed by atoms with E-state index in [1.807, 2.05) is 12.1 Å².